The zero-order valence-electron chi connectivity index (χ0n) is 11.4. The van der Waals surface area contributed by atoms with Crippen LogP contribution in [0.5, 0.6) is 0 Å². The van der Waals surface area contributed by atoms with Crippen molar-refractivity contribution in [2.75, 3.05) is 12.5 Å². The summed E-state index contributed by atoms with van der Waals surface area (Å²) in [6.45, 7) is 0. The topological polar surface area (TPSA) is 46.5 Å². The highest BCUT2D eigenvalue weighted by molar-refractivity contribution is 7.95. The fourth-order valence-corrected chi connectivity index (χ4v) is 2.65. The van der Waals surface area contributed by atoms with Gasteiger partial charge < -0.3 is 9.84 Å². The van der Waals surface area contributed by atoms with E-state index < -0.39 is 12.3 Å². The summed E-state index contributed by atoms with van der Waals surface area (Å²) in [5.74, 6) is 0. The van der Waals surface area contributed by atoms with Crippen LogP contribution in [0.15, 0.2) is 59.5 Å². The Morgan fingerprint density at radius 2 is 1.55 bits per heavy atom. The predicted octanol–water partition coefficient (Wildman–Crippen LogP) is 3.71. The van der Waals surface area contributed by atoms with Crippen molar-refractivity contribution in [3.63, 3.8) is 0 Å². The van der Waals surface area contributed by atoms with Crippen LogP contribution < -0.4 is 0 Å². The molecule has 4 heteroatoms. The van der Waals surface area contributed by atoms with Crippen molar-refractivity contribution in [1.82, 2.24) is 0 Å². The van der Waals surface area contributed by atoms with E-state index in [-0.39, 0.29) is 10.9 Å². The molecule has 0 spiro atoms. The molecule has 2 aromatic carbocycles. The van der Waals surface area contributed by atoms with Gasteiger partial charge in [0.15, 0.2) is 11.0 Å². The van der Waals surface area contributed by atoms with Crippen molar-refractivity contribution in [1.29, 1.82) is 0 Å². The van der Waals surface area contributed by atoms with Crippen LogP contribution in [0.4, 0.5) is 4.79 Å². The standard InChI is InChI=1S/C16H16O3S/c1-20(2)14-10-8-13(9-11-14)15(19-16(17)18)12-6-4-3-5-7-12/h3-11,15H,1-2H3/p+1. The number of hydrogen-bond donors (Lipinski definition) is 1. The van der Waals surface area contributed by atoms with Gasteiger partial charge in [-0.25, -0.2) is 4.79 Å². The van der Waals surface area contributed by atoms with Gasteiger partial charge >= 0.3 is 6.16 Å². The van der Waals surface area contributed by atoms with Crippen LogP contribution in [0.2, 0.25) is 0 Å². The van der Waals surface area contributed by atoms with E-state index in [1.165, 1.54) is 4.90 Å². The molecule has 20 heavy (non-hydrogen) atoms. The number of carbonyl (C=O) groups is 1. The lowest BCUT2D eigenvalue weighted by atomic mass is 10.0. The highest BCUT2D eigenvalue weighted by Gasteiger charge is 2.19. The van der Waals surface area contributed by atoms with Gasteiger partial charge in [0, 0.05) is 10.9 Å². The van der Waals surface area contributed by atoms with Gasteiger partial charge in [-0.1, -0.05) is 30.3 Å². The molecule has 0 aliphatic heterocycles. The third-order valence-corrected chi connectivity index (χ3v) is 4.19. The molecule has 0 saturated carbocycles. The normalized spacial score (nSPS) is 12.2. The summed E-state index contributed by atoms with van der Waals surface area (Å²) in [7, 11) is 0.187. The average Bonchev–Trinajstić information content (AvgIpc) is 2.45. The summed E-state index contributed by atoms with van der Waals surface area (Å²) in [4.78, 5) is 12.2. The van der Waals surface area contributed by atoms with Crippen LogP contribution >= 0.6 is 0 Å². The van der Waals surface area contributed by atoms with Crippen LogP contribution in [0.3, 0.4) is 0 Å². The van der Waals surface area contributed by atoms with E-state index in [0.717, 1.165) is 11.1 Å². The molecule has 1 atom stereocenters. The average molecular weight is 289 g/mol. The third kappa shape index (κ3) is 3.54. The summed E-state index contributed by atoms with van der Waals surface area (Å²) in [5, 5.41) is 8.93. The Kier molecular flexibility index (Phi) is 4.69. The molecule has 0 radical (unpaired) electrons. The van der Waals surface area contributed by atoms with Gasteiger partial charge in [-0.3, -0.25) is 0 Å². The van der Waals surface area contributed by atoms with Crippen molar-refractivity contribution >= 4 is 17.1 Å². The minimum absolute atomic E-state index is 0.187. The molecule has 104 valence electrons. The van der Waals surface area contributed by atoms with Crippen LogP contribution in [0.25, 0.3) is 0 Å². The Hall–Kier alpha value is -1.94. The van der Waals surface area contributed by atoms with Crippen molar-refractivity contribution < 1.29 is 14.6 Å². The van der Waals surface area contributed by atoms with Crippen molar-refractivity contribution in [3.05, 3.63) is 65.7 Å². The van der Waals surface area contributed by atoms with Crippen LogP contribution in [-0.2, 0) is 15.6 Å². The van der Waals surface area contributed by atoms with Crippen molar-refractivity contribution in [2.24, 2.45) is 0 Å². The SMILES string of the molecule is C[S+](C)c1ccc(C(OC(=O)O)c2ccccc2)cc1. The van der Waals surface area contributed by atoms with Crippen LogP contribution in [0.1, 0.15) is 17.2 Å². The van der Waals surface area contributed by atoms with Crippen molar-refractivity contribution in [3.8, 4) is 0 Å². The third-order valence-electron chi connectivity index (χ3n) is 2.98. The minimum Gasteiger partial charge on any atom is -0.450 e. The molecular formula is C16H17O3S+. The summed E-state index contributed by atoms with van der Waals surface area (Å²) in [6, 6.07) is 17.3. The summed E-state index contributed by atoms with van der Waals surface area (Å²) in [5.41, 5.74) is 1.67. The summed E-state index contributed by atoms with van der Waals surface area (Å²) >= 11 is 0. The van der Waals surface area contributed by atoms with Gasteiger partial charge in [-0.15, -0.1) is 0 Å². The first-order valence-electron chi connectivity index (χ1n) is 6.20. The van der Waals surface area contributed by atoms with E-state index in [9.17, 15) is 4.79 Å². The van der Waals surface area contributed by atoms with E-state index in [4.69, 9.17) is 9.84 Å². The summed E-state index contributed by atoms with van der Waals surface area (Å²) < 4.78 is 5.04. The van der Waals surface area contributed by atoms with E-state index in [0.29, 0.717) is 0 Å². The second kappa shape index (κ2) is 6.48. The highest BCUT2D eigenvalue weighted by atomic mass is 32.2. The fraction of sp³-hybridized carbons (Fsp3) is 0.188. The van der Waals surface area contributed by atoms with Gasteiger partial charge in [0.2, 0.25) is 0 Å². The molecule has 0 aliphatic rings. The molecule has 0 aromatic heterocycles. The molecule has 0 amide bonds. The van der Waals surface area contributed by atoms with E-state index in [1.807, 2.05) is 54.6 Å². The fourth-order valence-electron chi connectivity index (χ4n) is 1.97. The molecule has 0 bridgehead atoms. The largest absolute Gasteiger partial charge is 0.506 e. The van der Waals surface area contributed by atoms with Crippen LogP contribution in [0, 0.1) is 0 Å². The molecular weight excluding hydrogens is 272 g/mol. The van der Waals surface area contributed by atoms with E-state index in [2.05, 4.69) is 12.5 Å². The maximum absolute atomic E-state index is 10.9. The molecule has 3 nitrogen and oxygen atoms in total. The Bertz CT molecular complexity index is 564. The molecule has 2 aromatic rings. The second-order valence-corrected chi connectivity index (χ2v) is 6.66. The molecule has 2 rings (SSSR count). The lowest BCUT2D eigenvalue weighted by Crippen LogP contribution is -2.11. The highest BCUT2D eigenvalue weighted by Crippen LogP contribution is 2.27. The maximum Gasteiger partial charge on any atom is 0.506 e. The van der Waals surface area contributed by atoms with Gasteiger partial charge in [0.1, 0.15) is 12.5 Å². The minimum atomic E-state index is -1.27. The molecule has 0 heterocycles. The number of benzene rings is 2. The van der Waals surface area contributed by atoms with Gasteiger partial charge in [-0.2, -0.15) is 0 Å². The molecule has 1 N–H and O–H groups in total. The summed E-state index contributed by atoms with van der Waals surface area (Å²) in [6.07, 6.45) is 2.45. The maximum atomic E-state index is 10.9. The Labute approximate surface area is 121 Å². The van der Waals surface area contributed by atoms with Gasteiger partial charge in [0.05, 0.1) is 0 Å². The Balaban J connectivity index is 2.34. The lowest BCUT2D eigenvalue weighted by Gasteiger charge is -2.16. The Morgan fingerprint density at radius 3 is 2.05 bits per heavy atom. The molecule has 0 aliphatic carbocycles. The number of hydrogen-bond acceptors (Lipinski definition) is 2. The first-order chi connectivity index (χ1) is 9.58. The Morgan fingerprint density at radius 1 is 1.00 bits per heavy atom. The van der Waals surface area contributed by atoms with E-state index in [1.54, 1.807) is 0 Å². The molecule has 1 unspecified atom stereocenters. The van der Waals surface area contributed by atoms with Gasteiger partial charge in [-0.05, 0) is 35.4 Å². The smallest absolute Gasteiger partial charge is 0.450 e. The number of ether oxygens (including phenoxy) is 1. The molecule has 0 fully saturated rings. The van der Waals surface area contributed by atoms with Crippen LogP contribution in [-0.4, -0.2) is 23.8 Å². The first kappa shape index (κ1) is 14.5. The number of rotatable bonds is 4. The molecule has 0 saturated heterocycles. The van der Waals surface area contributed by atoms with E-state index >= 15 is 0 Å². The van der Waals surface area contributed by atoms with Crippen molar-refractivity contribution in [2.45, 2.75) is 11.0 Å². The lowest BCUT2D eigenvalue weighted by molar-refractivity contribution is 0.0663. The zero-order chi connectivity index (χ0) is 14.5. The second-order valence-electron chi connectivity index (χ2n) is 4.56. The van der Waals surface area contributed by atoms with Gasteiger partial charge in [0.25, 0.3) is 0 Å². The quantitative estimate of drug-likeness (QED) is 0.689. The first-order valence-corrected chi connectivity index (χ1v) is 8.24. The zero-order valence-corrected chi connectivity index (χ0v) is 12.3. The number of carboxylic acid groups (broad SMARTS) is 1. The predicted molar refractivity (Wildman–Crippen MR) is 81.3 cm³/mol. The monoisotopic (exact) mass is 289 g/mol.